The Morgan fingerprint density at radius 2 is 2.11 bits per heavy atom. The van der Waals surface area contributed by atoms with Gasteiger partial charge < -0.3 is 10.6 Å². The molecule has 1 unspecified atom stereocenters. The fraction of sp³-hybridized carbons (Fsp3) is 0.267. The Hall–Kier alpha value is -1.81. The van der Waals surface area contributed by atoms with Gasteiger partial charge >= 0.3 is 0 Å². The Morgan fingerprint density at radius 3 is 2.79 bits per heavy atom. The molecular formula is C15H17N3S. The Balaban J connectivity index is 1.83. The molecule has 1 aliphatic heterocycles. The van der Waals surface area contributed by atoms with Crippen LogP contribution in [0.2, 0.25) is 0 Å². The van der Waals surface area contributed by atoms with E-state index in [1.165, 1.54) is 16.0 Å². The number of aliphatic imine (C=N–C) groups is 1. The molecule has 2 N–H and O–H groups in total. The maximum atomic E-state index is 6.03. The number of benzene rings is 1. The maximum absolute atomic E-state index is 6.03. The summed E-state index contributed by atoms with van der Waals surface area (Å²) in [6.07, 6.45) is 0. The molecule has 0 radical (unpaired) electrons. The number of thiophene rings is 1. The summed E-state index contributed by atoms with van der Waals surface area (Å²) < 4.78 is 0. The van der Waals surface area contributed by atoms with E-state index in [0.717, 1.165) is 13.1 Å². The molecule has 2 heterocycles. The normalized spacial score (nSPS) is 18.7. The molecule has 0 amide bonds. The lowest BCUT2D eigenvalue weighted by molar-refractivity contribution is 0.343. The van der Waals surface area contributed by atoms with E-state index in [9.17, 15) is 0 Å². The predicted molar refractivity (Wildman–Crippen MR) is 80.3 cm³/mol. The third kappa shape index (κ3) is 2.49. The van der Waals surface area contributed by atoms with Crippen molar-refractivity contribution in [2.24, 2.45) is 10.7 Å². The van der Waals surface area contributed by atoms with Gasteiger partial charge in [0.25, 0.3) is 0 Å². The fourth-order valence-electron chi connectivity index (χ4n) is 2.36. The monoisotopic (exact) mass is 271 g/mol. The Morgan fingerprint density at radius 1 is 1.32 bits per heavy atom. The highest BCUT2D eigenvalue weighted by atomic mass is 32.1. The third-order valence-corrected chi connectivity index (χ3v) is 4.33. The van der Waals surface area contributed by atoms with Crippen molar-refractivity contribution in [1.82, 2.24) is 4.90 Å². The highest BCUT2D eigenvalue weighted by Gasteiger charge is 2.27. The van der Waals surface area contributed by atoms with Crippen LogP contribution < -0.4 is 5.73 Å². The van der Waals surface area contributed by atoms with Crippen LogP contribution in [-0.2, 0) is 6.54 Å². The summed E-state index contributed by atoms with van der Waals surface area (Å²) in [5.41, 5.74) is 8.60. The molecule has 0 aliphatic carbocycles. The second-order valence-corrected chi connectivity index (χ2v) is 5.86. The second-order valence-electron chi connectivity index (χ2n) is 4.83. The van der Waals surface area contributed by atoms with Gasteiger partial charge in [0.05, 0.1) is 19.1 Å². The Bertz CT molecular complexity index is 572. The van der Waals surface area contributed by atoms with Crippen LogP contribution in [-0.4, -0.2) is 17.4 Å². The standard InChI is InChI=1S/C15H17N3S/c1-11-4-6-12(7-5-11)14-9-17-15(16)18(14)10-13-3-2-8-19-13/h2-8,14H,9-10H2,1H3,(H2,16,17). The maximum Gasteiger partial charge on any atom is 0.192 e. The molecular weight excluding hydrogens is 254 g/mol. The highest BCUT2D eigenvalue weighted by molar-refractivity contribution is 7.09. The number of rotatable bonds is 3. The van der Waals surface area contributed by atoms with Crippen LogP contribution in [0.5, 0.6) is 0 Å². The highest BCUT2D eigenvalue weighted by Crippen LogP contribution is 2.28. The van der Waals surface area contributed by atoms with Crippen LogP contribution in [0, 0.1) is 6.92 Å². The van der Waals surface area contributed by atoms with Crippen LogP contribution in [0.25, 0.3) is 0 Å². The van der Waals surface area contributed by atoms with E-state index in [0.29, 0.717) is 5.96 Å². The van der Waals surface area contributed by atoms with E-state index in [-0.39, 0.29) is 6.04 Å². The Kier molecular flexibility index (Phi) is 3.25. The number of nitrogens with two attached hydrogens (primary N) is 1. The van der Waals surface area contributed by atoms with Crippen LogP contribution >= 0.6 is 11.3 Å². The smallest absolute Gasteiger partial charge is 0.192 e. The summed E-state index contributed by atoms with van der Waals surface area (Å²) in [5, 5.41) is 2.10. The topological polar surface area (TPSA) is 41.6 Å². The first kappa shape index (κ1) is 12.2. The summed E-state index contributed by atoms with van der Waals surface area (Å²) >= 11 is 1.76. The molecule has 4 heteroatoms. The first-order valence-corrected chi connectivity index (χ1v) is 7.27. The third-order valence-electron chi connectivity index (χ3n) is 3.47. The predicted octanol–water partition coefficient (Wildman–Crippen LogP) is 2.93. The average molecular weight is 271 g/mol. The molecule has 0 saturated heterocycles. The van der Waals surface area contributed by atoms with Crippen LogP contribution in [0.15, 0.2) is 46.8 Å². The Labute approximate surface area is 117 Å². The van der Waals surface area contributed by atoms with Crippen molar-refractivity contribution >= 4 is 17.3 Å². The van der Waals surface area contributed by atoms with Gasteiger partial charge in [-0.15, -0.1) is 11.3 Å². The van der Waals surface area contributed by atoms with E-state index < -0.39 is 0 Å². The number of hydrogen-bond donors (Lipinski definition) is 1. The molecule has 2 aromatic rings. The van der Waals surface area contributed by atoms with E-state index in [1.54, 1.807) is 11.3 Å². The van der Waals surface area contributed by atoms with Crippen LogP contribution in [0.3, 0.4) is 0 Å². The lowest BCUT2D eigenvalue weighted by Gasteiger charge is -2.26. The summed E-state index contributed by atoms with van der Waals surface area (Å²) in [6.45, 7) is 3.69. The minimum Gasteiger partial charge on any atom is -0.370 e. The van der Waals surface area contributed by atoms with Gasteiger partial charge in [-0.1, -0.05) is 35.9 Å². The molecule has 0 bridgehead atoms. The molecule has 0 fully saturated rings. The zero-order chi connectivity index (χ0) is 13.2. The number of guanidine groups is 1. The SMILES string of the molecule is Cc1ccc(C2CN=C(N)N2Cc2cccs2)cc1. The minimum absolute atomic E-state index is 0.266. The number of aryl methyl sites for hydroxylation is 1. The lowest BCUT2D eigenvalue weighted by Crippen LogP contribution is -2.35. The van der Waals surface area contributed by atoms with Crippen molar-refractivity contribution < 1.29 is 0 Å². The average Bonchev–Trinajstić information content (AvgIpc) is 3.03. The van der Waals surface area contributed by atoms with Crippen LogP contribution in [0.1, 0.15) is 22.0 Å². The first-order chi connectivity index (χ1) is 9.24. The van der Waals surface area contributed by atoms with E-state index >= 15 is 0 Å². The first-order valence-electron chi connectivity index (χ1n) is 6.39. The molecule has 98 valence electrons. The van der Waals surface area contributed by atoms with Gasteiger partial charge in [0.15, 0.2) is 5.96 Å². The fourth-order valence-corrected chi connectivity index (χ4v) is 3.07. The number of hydrogen-bond acceptors (Lipinski definition) is 4. The lowest BCUT2D eigenvalue weighted by atomic mass is 10.0. The summed E-state index contributed by atoms with van der Waals surface area (Å²) in [7, 11) is 0. The molecule has 3 nitrogen and oxygen atoms in total. The van der Waals surface area contributed by atoms with Crippen molar-refractivity contribution in [3.63, 3.8) is 0 Å². The molecule has 1 aromatic heterocycles. The minimum atomic E-state index is 0.266. The van der Waals surface area contributed by atoms with Crippen molar-refractivity contribution in [1.29, 1.82) is 0 Å². The zero-order valence-corrected chi connectivity index (χ0v) is 11.7. The van der Waals surface area contributed by atoms with E-state index in [4.69, 9.17) is 5.73 Å². The van der Waals surface area contributed by atoms with Gasteiger partial charge in [-0.3, -0.25) is 4.99 Å². The van der Waals surface area contributed by atoms with Gasteiger partial charge in [-0.25, -0.2) is 0 Å². The van der Waals surface area contributed by atoms with Gasteiger partial charge in [0.2, 0.25) is 0 Å². The van der Waals surface area contributed by atoms with Crippen molar-refractivity contribution in [2.75, 3.05) is 6.54 Å². The van der Waals surface area contributed by atoms with E-state index in [1.807, 2.05) is 0 Å². The van der Waals surface area contributed by atoms with Gasteiger partial charge in [0.1, 0.15) is 0 Å². The van der Waals surface area contributed by atoms with E-state index in [2.05, 4.69) is 58.6 Å². The van der Waals surface area contributed by atoms with Crippen molar-refractivity contribution in [3.8, 4) is 0 Å². The molecule has 3 rings (SSSR count). The molecule has 19 heavy (non-hydrogen) atoms. The summed E-state index contributed by atoms with van der Waals surface area (Å²) in [4.78, 5) is 7.91. The van der Waals surface area contributed by atoms with Gasteiger partial charge in [0, 0.05) is 4.88 Å². The number of nitrogens with zero attached hydrogens (tertiary/aromatic N) is 2. The van der Waals surface area contributed by atoms with Crippen LogP contribution in [0.4, 0.5) is 0 Å². The largest absolute Gasteiger partial charge is 0.370 e. The molecule has 0 spiro atoms. The quantitative estimate of drug-likeness (QED) is 0.932. The molecule has 0 saturated carbocycles. The van der Waals surface area contributed by atoms with Crippen molar-refractivity contribution in [2.45, 2.75) is 19.5 Å². The summed E-state index contributed by atoms with van der Waals surface area (Å²) in [5.74, 6) is 0.652. The molecule has 1 aromatic carbocycles. The summed E-state index contributed by atoms with van der Waals surface area (Å²) in [6, 6.07) is 13.1. The molecule has 1 atom stereocenters. The van der Waals surface area contributed by atoms with Crippen molar-refractivity contribution in [3.05, 3.63) is 57.8 Å². The second kappa shape index (κ2) is 5.05. The van der Waals surface area contributed by atoms with Gasteiger partial charge in [-0.2, -0.15) is 0 Å². The molecule has 1 aliphatic rings. The van der Waals surface area contributed by atoms with Gasteiger partial charge in [-0.05, 0) is 23.9 Å². The zero-order valence-electron chi connectivity index (χ0n) is 10.9.